The molecule has 2 saturated heterocycles. The molecule has 3 fully saturated rings. The number of esters is 1. The molecule has 1 aromatic carbocycles. The molecular formula is C24H30O4. The second kappa shape index (κ2) is 6.84. The first-order valence-corrected chi connectivity index (χ1v) is 10.4. The van der Waals surface area contributed by atoms with Gasteiger partial charge in [-0.25, -0.2) is 4.79 Å². The Morgan fingerprint density at radius 2 is 1.96 bits per heavy atom. The topological polar surface area (TPSA) is 52.6 Å². The van der Waals surface area contributed by atoms with Crippen molar-refractivity contribution in [1.82, 2.24) is 0 Å². The molecule has 2 heterocycles. The minimum atomic E-state index is -0.734. The van der Waals surface area contributed by atoms with Gasteiger partial charge in [0.1, 0.15) is 17.3 Å². The minimum Gasteiger partial charge on any atom is -0.456 e. The van der Waals surface area contributed by atoms with Crippen LogP contribution in [0.5, 0.6) is 0 Å². The zero-order valence-electron chi connectivity index (χ0n) is 17.2. The Morgan fingerprint density at radius 3 is 2.64 bits per heavy atom. The number of benzene rings is 1. The number of rotatable bonds is 4. The molecule has 0 N–H and O–H groups in total. The van der Waals surface area contributed by atoms with Gasteiger partial charge in [-0.05, 0) is 43.2 Å². The fourth-order valence-electron chi connectivity index (χ4n) is 5.78. The van der Waals surface area contributed by atoms with Crippen molar-refractivity contribution in [2.75, 3.05) is 0 Å². The van der Waals surface area contributed by atoms with Gasteiger partial charge < -0.3 is 9.47 Å². The summed E-state index contributed by atoms with van der Waals surface area (Å²) in [6.07, 6.45) is 5.21. The molecule has 1 aromatic rings. The van der Waals surface area contributed by atoms with E-state index < -0.39 is 11.2 Å². The molecule has 0 aromatic heterocycles. The smallest absolute Gasteiger partial charge is 0.331 e. The third kappa shape index (κ3) is 2.85. The van der Waals surface area contributed by atoms with Gasteiger partial charge in [0.05, 0.1) is 0 Å². The Morgan fingerprint density at radius 1 is 1.25 bits per heavy atom. The van der Waals surface area contributed by atoms with Gasteiger partial charge >= 0.3 is 5.97 Å². The zero-order valence-corrected chi connectivity index (χ0v) is 17.2. The van der Waals surface area contributed by atoms with Crippen LogP contribution in [0.25, 0.3) is 6.08 Å². The summed E-state index contributed by atoms with van der Waals surface area (Å²) in [5.74, 6) is 0.597. The number of Topliss-reactive ketones (excluding diaryl/α,β-unsaturated/α-hetero) is 1. The highest BCUT2D eigenvalue weighted by atomic mass is 16.6. The molecular weight excluding hydrogens is 352 g/mol. The Kier molecular flexibility index (Phi) is 4.73. The van der Waals surface area contributed by atoms with Crippen LogP contribution >= 0.6 is 0 Å². The molecule has 6 atom stereocenters. The van der Waals surface area contributed by atoms with Crippen molar-refractivity contribution >= 4 is 17.8 Å². The first-order valence-electron chi connectivity index (χ1n) is 10.4. The summed E-state index contributed by atoms with van der Waals surface area (Å²) in [5, 5.41) is 0. The predicted molar refractivity (Wildman–Crippen MR) is 107 cm³/mol. The van der Waals surface area contributed by atoms with E-state index in [0.29, 0.717) is 12.3 Å². The molecule has 4 nitrogen and oxygen atoms in total. The van der Waals surface area contributed by atoms with Crippen LogP contribution in [0.1, 0.15) is 52.5 Å². The summed E-state index contributed by atoms with van der Waals surface area (Å²) < 4.78 is 12.6. The lowest BCUT2D eigenvalue weighted by Gasteiger charge is -2.52. The van der Waals surface area contributed by atoms with Crippen LogP contribution in [0.15, 0.2) is 36.4 Å². The maximum absolute atomic E-state index is 13.0. The van der Waals surface area contributed by atoms with Crippen molar-refractivity contribution in [3.63, 3.8) is 0 Å². The first kappa shape index (κ1) is 19.4. The van der Waals surface area contributed by atoms with Crippen LogP contribution < -0.4 is 0 Å². The quantitative estimate of drug-likeness (QED) is 0.571. The van der Waals surface area contributed by atoms with Crippen molar-refractivity contribution in [3.05, 3.63) is 42.0 Å². The maximum atomic E-state index is 13.0. The monoisotopic (exact) mass is 382 g/mol. The molecule has 3 aliphatic rings. The van der Waals surface area contributed by atoms with Gasteiger partial charge in [-0.15, -0.1) is 0 Å². The van der Waals surface area contributed by atoms with Crippen molar-refractivity contribution in [3.8, 4) is 0 Å². The molecule has 0 amide bonds. The summed E-state index contributed by atoms with van der Waals surface area (Å²) in [5.41, 5.74) is -0.502. The second-order valence-corrected chi connectivity index (χ2v) is 9.26. The average molecular weight is 383 g/mol. The molecule has 0 radical (unpaired) electrons. The van der Waals surface area contributed by atoms with Crippen LogP contribution in [0, 0.1) is 23.7 Å². The van der Waals surface area contributed by atoms with Gasteiger partial charge in [-0.3, -0.25) is 4.79 Å². The fraction of sp³-hybridized carbons (Fsp3) is 0.583. The fourth-order valence-corrected chi connectivity index (χ4v) is 5.78. The number of carbonyl (C=O) groups excluding carboxylic acids is 2. The third-order valence-electron chi connectivity index (χ3n) is 7.42. The van der Waals surface area contributed by atoms with Gasteiger partial charge in [-0.2, -0.15) is 0 Å². The lowest BCUT2D eigenvalue weighted by atomic mass is 9.69. The number of ether oxygens (including phenoxy) is 2. The Bertz CT molecular complexity index is 798. The van der Waals surface area contributed by atoms with E-state index in [1.54, 1.807) is 6.08 Å². The van der Waals surface area contributed by atoms with Crippen LogP contribution in [-0.4, -0.2) is 29.1 Å². The zero-order chi connectivity index (χ0) is 20.1. The second-order valence-electron chi connectivity index (χ2n) is 9.26. The summed E-state index contributed by atoms with van der Waals surface area (Å²) >= 11 is 0. The SMILES string of the molecule is CC1CCC2C1C(OC(=O)/C=C/c1ccccc1)C1(C(C)C)CC(=O)C2(C)O1. The van der Waals surface area contributed by atoms with Crippen LogP contribution in [0.4, 0.5) is 0 Å². The molecule has 1 saturated carbocycles. The lowest BCUT2D eigenvalue weighted by Crippen LogP contribution is -2.62. The van der Waals surface area contributed by atoms with Crippen molar-refractivity contribution in [2.45, 2.75) is 64.3 Å². The van der Waals surface area contributed by atoms with E-state index in [-0.39, 0.29) is 35.6 Å². The van der Waals surface area contributed by atoms with Crippen LogP contribution in [0.2, 0.25) is 0 Å². The van der Waals surface area contributed by atoms with E-state index in [1.165, 1.54) is 6.08 Å². The Labute approximate surface area is 167 Å². The van der Waals surface area contributed by atoms with Gasteiger partial charge in [0.15, 0.2) is 5.78 Å². The highest BCUT2D eigenvalue weighted by Crippen LogP contribution is 2.61. The standard InChI is InChI=1S/C24H30O4/c1-15(2)24-14-19(25)23(4,28-24)18-12-10-16(3)21(18)22(24)27-20(26)13-11-17-8-6-5-7-9-17/h5-9,11,13,15-16,18,21-22H,10,12,14H2,1-4H3/b13-11+. The lowest BCUT2D eigenvalue weighted by molar-refractivity contribution is -0.255. The maximum Gasteiger partial charge on any atom is 0.331 e. The highest BCUT2D eigenvalue weighted by molar-refractivity contribution is 5.92. The van der Waals surface area contributed by atoms with E-state index in [2.05, 4.69) is 20.8 Å². The molecule has 4 heteroatoms. The molecule has 2 bridgehead atoms. The predicted octanol–water partition coefficient (Wildman–Crippen LogP) is 4.43. The Balaban J connectivity index is 1.64. The number of ketones is 1. The van der Waals surface area contributed by atoms with Gasteiger partial charge in [0.25, 0.3) is 0 Å². The average Bonchev–Trinajstić information content (AvgIpc) is 3.16. The van der Waals surface area contributed by atoms with Crippen LogP contribution in [0.3, 0.4) is 0 Å². The summed E-state index contributed by atoms with van der Waals surface area (Å²) in [6.45, 7) is 8.32. The normalized spacial score (nSPS) is 39.5. The summed E-state index contributed by atoms with van der Waals surface area (Å²) in [4.78, 5) is 25.7. The van der Waals surface area contributed by atoms with Crippen LogP contribution in [-0.2, 0) is 19.1 Å². The number of carbonyl (C=O) groups is 2. The molecule has 6 unspecified atom stereocenters. The van der Waals surface area contributed by atoms with Crippen molar-refractivity contribution in [1.29, 1.82) is 0 Å². The highest BCUT2D eigenvalue weighted by Gasteiger charge is 2.71. The molecule has 0 spiro atoms. The van der Waals surface area contributed by atoms with Crippen molar-refractivity contribution in [2.24, 2.45) is 23.7 Å². The van der Waals surface area contributed by atoms with E-state index in [0.717, 1.165) is 18.4 Å². The van der Waals surface area contributed by atoms with Gasteiger partial charge in [0, 0.05) is 24.3 Å². The molecule has 150 valence electrons. The Hall–Kier alpha value is -1.94. The number of fused-ring (bicyclic) bond motifs is 4. The van der Waals surface area contributed by atoms with E-state index >= 15 is 0 Å². The molecule has 1 aliphatic carbocycles. The number of hydrogen-bond donors (Lipinski definition) is 0. The summed E-state index contributed by atoms with van der Waals surface area (Å²) in [7, 11) is 0. The van der Waals surface area contributed by atoms with E-state index in [1.807, 2.05) is 37.3 Å². The molecule has 4 rings (SSSR count). The van der Waals surface area contributed by atoms with Gasteiger partial charge in [0.2, 0.25) is 0 Å². The van der Waals surface area contributed by atoms with E-state index in [4.69, 9.17) is 9.47 Å². The molecule has 28 heavy (non-hydrogen) atoms. The summed E-state index contributed by atoms with van der Waals surface area (Å²) in [6, 6.07) is 9.70. The van der Waals surface area contributed by atoms with Crippen molar-refractivity contribution < 1.29 is 19.1 Å². The minimum absolute atomic E-state index is 0.0860. The third-order valence-corrected chi connectivity index (χ3v) is 7.42. The number of hydrogen-bond acceptors (Lipinski definition) is 4. The first-order chi connectivity index (χ1) is 13.3. The molecule has 2 aliphatic heterocycles. The largest absolute Gasteiger partial charge is 0.456 e. The van der Waals surface area contributed by atoms with E-state index in [9.17, 15) is 9.59 Å². The van der Waals surface area contributed by atoms with Gasteiger partial charge in [-0.1, -0.05) is 51.1 Å².